The number of hydrogen-bond donors (Lipinski definition) is 0. The van der Waals surface area contributed by atoms with E-state index >= 15 is 0 Å². The zero-order chi connectivity index (χ0) is 35.7. The number of carbonyl (C=O) groups is 1. The van der Waals surface area contributed by atoms with Crippen molar-refractivity contribution in [1.82, 2.24) is 9.80 Å². The molecule has 1 aromatic carbocycles. The number of fused-ring (bicyclic) bond motifs is 5. The maximum atomic E-state index is 13.3. The summed E-state index contributed by atoms with van der Waals surface area (Å²) in [6.07, 6.45) is 0.731. The number of amides is 1. The fourth-order valence-electron chi connectivity index (χ4n) is 10.2. The normalized spacial score (nSPS) is 31.5. The zero-order valence-electron chi connectivity index (χ0n) is 29.4. The Balaban J connectivity index is 1.10. The standard InChI is InChI=1S/C37H53F5N2O5S/c1-35-14-10-30-29-7-6-28(49-34(45)44-15-11-27(12-16-44)43-17-19-48-20-18-43)24-26(29)23-25(33(30)31(35)8-9-32(35)47-2)5-3-21-50(46)22-4-13-36(38,39)37(40,41)42/h6-7,24-25,27,30-33H,3-5,8-23H2,1-2H3/t25-,30-,31+,32+,33-,35+,50?/m1/s1. The minimum Gasteiger partial charge on any atom is -0.410 e. The summed E-state index contributed by atoms with van der Waals surface area (Å²) in [6, 6.07) is 6.56. The minimum atomic E-state index is -5.59. The molecule has 282 valence electrons. The number of alkyl halides is 5. The smallest absolute Gasteiger partial charge is 0.410 e. The highest BCUT2D eigenvalue weighted by atomic mass is 32.2. The van der Waals surface area contributed by atoms with Crippen LogP contribution in [0.3, 0.4) is 0 Å². The number of carbonyl (C=O) groups excluding carboxylic acids is 1. The number of likely N-dealkylation sites (tertiary alicyclic amines) is 1. The number of rotatable bonds is 11. The molecule has 1 unspecified atom stereocenters. The molecule has 1 amide bonds. The van der Waals surface area contributed by atoms with Gasteiger partial charge in [-0.05, 0) is 117 Å². The molecule has 0 N–H and O–H groups in total. The first-order valence-electron chi connectivity index (χ1n) is 18.5. The summed E-state index contributed by atoms with van der Waals surface area (Å²) in [4.78, 5) is 17.5. The number of methoxy groups -OCH3 is 1. The van der Waals surface area contributed by atoms with Gasteiger partial charge in [0.2, 0.25) is 0 Å². The van der Waals surface area contributed by atoms with Crippen LogP contribution < -0.4 is 4.74 Å². The Morgan fingerprint density at radius 2 is 1.72 bits per heavy atom. The molecule has 7 atom stereocenters. The molecule has 4 fully saturated rings. The van der Waals surface area contributed by atoms with E-state index in [2.05, 4.69) is 17.9 Å². The van der Waals surface area contributed by atoms with Gasteiger partial charge in [-0.3, -0.25) is 9.11 Å². The number of nitrogens with zero attached hydrogens (tertiary/aromatic N) is 2. The number of morpholine rings is 1. The molecule has 5 aliphatic rings. The quantitative estimate of drug-likeness (QED) is 0.219. The van der Waals surface area contributed by atoms with E-state index in [0.29, 0.717) is 49.1 Å². The maximum Gasteiger partial charge on any atom is 0.453 e. The van der Waals surface area contributed by atoms with Crippen molar-refractivity contribution in [3.63, 3.8) is 0 Å². The zero-order valence-corrected chi connectivity index (χ0v) is 30.2. The predicted octanol–water partition coefficient (Wildman–Crippen LogP) is 7.59. The van der Waals surface area contributed by atoms with Crippen molar-refractivity contribution in [2.45, 2.75) is 108 Å². The average Bonchev–Trinajstić information content (AvgIpc) is 3.44. The number of benzene rings is 1. The molecular formula is C37H53F5N2O5S. The second kappa shape index (κ2) is 15.6. The van der Waals surface area contributed by atoms with Crippen molar-refractivity contribution in [2.24, 2.45) is 23.2 Å². The predicted molar refractivity (Wildman–Crippen MR) is 181 cm³/mol. The van der Waals surface area contributed by atoms with Crippen LogP contribution in [0.15, 0.2) is 18.2 Å². The Morgan fingerprint density at radius 1 is 1.00 bits per heavy atom. The summed E-state index contributed by atoms with van der Waals surface area (Å²) in [6.45, 7) is 7.07. The molecule has 2 aliphatic heterocycles. The summed E-state index contributed by atoms with van der Waals surface area (Å²) in [5.74, 6) is -2.61. The second-order valence-corrected chi connectivity index (χ2v) is 17.2. The van der Waals surface area contributed by atoms with Gasteiger partial charge in [0, 0.05) is 68.1 Å². The van der Waals surface area contributed by atoms with Crippen molar-refractivity contribution >= 4 is 16.9 Å². The summed E-state index contributed by atoms with van der Waals surface area (Å²) < 4.78 is 94.5. The Labute approximate surface area is 295 Å². The van der Waals surface area contributed by atoms with Crippen LogP contribution in [0.1, 0.15) is 88.2 Å². The van der Waals surface area contributed by atoms with E-state index in [9.17, 15) is 31.0 Å². The van der Waals surface area contributed by atoms with Gasteiger partial charge in [-0.2, -0.15) is 22.0 Å². The van der Waals surface area contributed by atoms with Crippen LogP contribution in [-0.4, -0.2) is 102 Å². The third-order valence-corrected chi connectivity index (χ3v) is 14.3. The van der Waals surface area contributed by atoms with E-state index in [0.717, 1.165) is 77.7 Å². The van der Waals surface area contributed by atoms with Crippen molar-refractivity contribution < 1.29 is 45.2 Å². The molecule has 2 saturated carbocycles. The van der Waals surface area contributed by atoms with Crippen LogP contribution in [-0.2, 0) is 26.7 Å². The average molecular weight is 733 g/mol. The van der Waals surface area contributed by atoms with Crippen molar-refractivity contribution in [1.29, 1.82) is 0 Å². The molecule has 1 aromatic rings. The molecule has 0 bridgehead atoms. The monoisotopic (exact) mass is 732 g/mol. The number of hydrogen-bond acceptors (Lipinski definition) is 6. The van der Waals surface area contributed by atoms with Crippen LogP contribution in [0.4, 0.5) is 26.7 Å². The van der Waals surface area contributed by atoms with E-state index < -0.39 is 35.7 Å². The number of ether oxygens (including phenoxy) is 3. The lowest BCUT2D eigenvalue weighted by Gasteiger charge is -2.53. The summed E-state index contributed by atoms with van der Waals surface area (Å²) >= 11 is 0. The van der Waals surface area contributed by atoms with E-state index in [4.69, 9.17) is 14.2 Å². The van der Waals surface area contributed by atoms with E-state index in [1.165, 1.54) is 11.1 Å². The first kappa shape index (κ1) is 37.9. The van der Waals surface area contributed by atoms with E-state index in [-0.39, 0.29) is 35.0 Å². The van der Waals surface area contributed by atoms with Crippen LogP contribution >= 0.6 is 0 Å². The highest BCUT2D eigenvalue weighted by Crippen LogP contribution is 2.63. The fraction of sp³-hybridized carbons (Fsp3) is 0.811. The molecule has 0 radical (unpaired) electrons. The first-order chi connectivity index (χ1) is 23.8. The molecule has 3 aliphatic carbocycles. The largest absolute Gasteiger partial charge is 0.453 e. The van der Waals surface area contributed by atoms with Crippen LogP contribution in [0.25, 0.3) is 0 Å². The highest BCUT2D eigenvalue weighted by Gasteiger charge is 2.58. The molecule has 2 saturated heterocycles. The van der Waals surface area contributed by atoms with Gasteiger partial charge in [0.25, 0.3) is 0 Å². The first-order valence-corrected chi connectivity index (χ1v) is 20.0. The fourth-order valence-corrected chi connectivity index (χ4v) is 11.3. The topological polar surface area (TPSA) is 68.3 Å². The van der Waals surface area contributed by atoms with Gasteiger partial charge in [0.05, 0.1) is 19.3 Å². The minimum absolute atomic E-state index is 0.0723. The lowest BCUT2D eigenvalue weighted by atomic mass is 9.52. The number of halogens is 5. The third-order valence-electron chi connectivity index (χ3n) is 12.8. The molecule has 6 rings (SSSR count). The Kier molecular flexibility index (Phi) is 11.9. The summed E-state index contributed by atoms with van der Waals surface area (Å²) in [5, 5.41) is 0. The van der Waals surface area contributed by atoms with Gasteiger partial charge in [0.1, 0.15) is 5.75 Å². The van der Waals surface area contributed by atoms with E-state index in [1.54, 1.807) is 12.0 Å². The van der Waals surface area contributed by atoms with Gasteiger partial charge in [-0.25, -0.2) is 4.79 Å². The van der Waals surface area contributed by atoms with Gasteiger partial charge in [0.15, 0.2) is 0 Å². The Hall–Kier alpha value is -1.83. The molecule has 50 heavy (non-hydrogen) atoms. The molecule has 0 aromatic heterocycles. The Morgan fingerprint density at radius 3 is 2.42 bits per heavy atom. The molecular weight excluding hydrogens is 679 g/mol. The van der Waals surface area contributed by atoms with Crippen molar-refractivity contribution in [3.05, 3.63) is 29.3 Å². The Bertz CT molecular complexity index is 1350. The van der Waals surface area contributed by atoms with Gasteiger partial charge in [-0.1, -0.05) is 13.0 Å². The van der Waals surface area contributed by atoms with E-state index in [1.807, 2.05) is 12.1 Å². The van der Waals surface area contributed by atoms with Gasteiger partial charge < -0.3 is 19.1 Å². The van der Waals surface area contributed by atoms with Crippen molar-refractivity contribution in [2.75, 3.05) is 58.0 Å². The van der Waals surface area contributed by atoms with Gasteiger partial charge in [-0.15, -0.1) is 0 Å². The van der Waals surface area contributed by atoms with Crippen LogP contribution in [0.5, 0.6) is 5.75 Å². The summed E-state index contributed by atoms with van der Waals surface area (Å²) in [5.41, 5.74) is 2.56. The maximum absolute atomic E-state index is 13.3. The van der Waals surface area contributed by atoms with Gasteiger partial charge >= 0.3 is 18.2 Å². The number of piperidine rings is 1. The summed E-state index contributed by atoms with van der Waals surface area (Å²) in [7, 11) is 0.329. The van der Waals surface area contributed by atoms with Crippen molar-refractivity contribution in [3.8, 4) is 5.75 Å². The van der Waals surface area contributed by atoms with Crippen LogP contribution in [0.2, 0.25) is 0 Å². The second-order valence-electron chi connectivity index (χ2n) is 15.5. The SMILES string of the molecule is CO[C@H]1CC[C@H]2[C@@H]3[C@H](CCCS(=O)CCCC(F)(F)C(F)(F)F)Cc4cc(OC(=O)N5CCC(N6CCOCC6)CC5)ccc4[C@H]3CC[C@]12C. The lowest BCUT2D eigenvalue weighted by Crippen LogP contribution is -2.50. The molecule has 7 nitrogen and oxygen atoms in total. The molecule has 13 heteroatoms. The van der Waals surface area contributed by atoms with Crippen LogP contribution in [0, 0.1) is 23.2 Å². The molecule has 0 spiro atoms. The third kappa shape index (κ3) is 8.05. The lowest BCUT2D eigenvalue weighted by molar-refractivity contribution is -0.284. The highest BCUT2D eigenvalue weighted by molar-refractivity contribution is 7.84. The molecule has 2 heterocycles.